The van der Waals surface area contributed by atoms with Gasteiger partial charge in [0.1, 0.15) is 5.82 Å². The van der Waals surface area contributed by atoms with Crippen LogP contribution in [-0.2, 0) is 20.6 Å². The van der Waals surface area contributed by atoms with Gasteiger partial charge in [-0.25, -0.2) is 0 Å². The summed E-state index contributed by atoms with van der Waals surface area (Å²) in [6, 6.07) is 4.10. The van der Waals surface area contributed by atoms with Gasteiger partial charge in [0, 0.05) is 25.9 Å². The third-order valence-electron chi connectivity index (χ3n) is 2.66. The van der Waals surface area contributed by atoms with Gasteiger partial charge in [0.05, 0.1) is 17.9 Å². The minimum Gasteiger partial charge on any atom is -0.363 e. The van der Waals surface area contributed by atoms with E-state index in [-0.39, 0.29) is 12.4 Å². The van der Waals surface area contributed by atoms with Crippen LogP contribution in [0.25, 0.3) is 0 Å². The molecule has 5 nitrogen and oxygen atoms in total. The zero-order valence-corrected chi connectivity index (χ0v) is 11.4. The number of nitrogens with one attached hydrogen (secondary N) is 1. The van der Waals surface area contributed by atoms with E-state index >= 15 is 0 Å². The zero-order chi connectivity index (χ0) is 11.7. The van der Waals surface area contributed by atoms with Gasteiger partial charge in [0.2, 0.25) is 0 Å². The molecular weight excluding hydrogens is 238 g/mol. The van der Waals surface area contributed by atoms with Gasteiger partial charge in [0.25, 0.3) is 0 Å². The van der Waals surface area contributed by atoms with E-state index < -0.39 is 0 Å². The van der Waals surface area contributed by atoms with Crippen molar-refractivity contribution in [1.29, 1.82) is 0 Å². The molecule has 0 saturated heterocycles. The molecule has 2 rings (SSSR count). The van der Waals surface area contributed by atoms with E-state index in [0.717, 1.165) is 29.4 Å². The molecule has 0 bridgehead atoms. The van der Waals surface area contributed by atoms with E-state index in [1.54, 1.807) is 0 Å². The molecule has 0 radical (unpaired) electrons. The number of aryl methyl sites for hydroxylation is 4. The minimum absolute atomic E-state index is 0. The van der Waals surface area contributed by atoms with E-state index in [0.29, 0.717) is 0 Å². The van der Waals surface area contributed by atoms with Crippen molar-refractivity contribution in [3.8, 4) is 0 Å². The topological polar surface area (TPSA) is 47.7 Å². The van der Waals surface area contributed by atoms with Crippen LogP contribution >= 0.6 is 12.4 Å². The Balaban J connectivity index is 0.00000144. The average molecular weight is 256 g/mol. The fourth-order valence-electron chi connectivity index (χ4n) is 1.66. The standard InChI is InChI=1S/C11H17N5.ClH/c1-8-5-10(16(4)13-8)7-12-11-6-9(2)15(3)14-11;/h5-6H,7H2,1-4H3,(H,12,14);1H. The summed E-state index contributed by atoms with van der Waals surface area (Å²) in [4.78, 5) is 0. The highest BCUT2D eigenvalue weighted by atomic mass is 35.5. The lowest BCUT2D eigenvalue weighted by atomic mass is 10.3. The van der Waals surface area contributed by atoms with E-state index in [1.165, 1.54) is 0 Å². The SMILES string of the molecule is Cc1cc(CNc2cc(C)n(C)n2)n(C)n1.Cl. The number of halogens is 1. The first-order valence-corrected chi connectivity index (χ1v) is 5.30. The van der Waals surface area contributed by atoms with Gasteiger partial charge < -0.3 is 5.32 Å². The van der Waals surface area contributed by atoms with E-state index in [1.807, 2.05) is 43.4 Å². The first-order chi connectivity index (χ1) is 7.56. The monoisotopic (exact) mass is 255 g/mol. The summed E-state index contributed by atoms with van der Waals surface area (Å²) in [7, 11) is 3.89. The minimum atomic E-state index is 0. The maximum Gasteiger partial charge on any atom is 0.148 e. The highest BCUT2D eigenvalue weighted by Crippen LogP contribution is 2.09. The summed E-state index contributed by atoms with van der Waals surface area (Å²) < 4.78 is 3.74. The van der Waals surface area contributed by atoms with Crippen LogP contribution in [0.15, 0.2) is 12.1 Å². The number of rotatable bonds is 3. The summed E-state index contributed by atoms with van der Waals surface area (Å²) >= 11 is 0. The van der Waals surface area contributed by atoms with E-state index in [4.69, 9.17) is 0 Å². The van der Waals surface area contributed by atoms with Gasteiger partial charge in [-0.3, -0.25) is 9.36 Å². The molecule has 6 heteroatoms. The molecule has 0 fully saturated rings. The van der Waals surface area contributed by atoms with E-state index in [9.17, 15) is 0 Å². The second kappa shape index (κ2) is 5.23. The number of aromatic nitrogens is 4. The Morgan fingerprint density at radius 1 is 1.12 bits per heavy atom. The predicted octanol–water partition coefficient (Wildman–Crippen LogP) is 1.80. The van der Waals surface area contributed by atoms with Crippen molar-refractivity contribution in [3.63, 3.8) is 0 Å². The van der Waals surface area contributed by atoms with Crippen molar-refractivity contribution in [1.82, 2.24) is 19.6 Å². The fourth-order valence-corrected chi connectivity index (χ4v) is 1.66. The van der Waals surface area contributed by atoms with Crippen LogP contribution < -0.4 is 5.32 Å². The molecule has 1 N–H and O–H groups in total. The first kappa shape index (κ1) is 13.6. The molecule has 0 spiro atoms. The van der Waals surface area contributed by atoms with Crippen LogP contribution in [0.4, 0.5) is 5.82 Å². The predicted molar refractivity (Wildman–Crippen MR) is 70.5 cm³/mol. The zero-order valence-electron chi connectivity index (χ0n) is 10.6. The van der Waals surface area contributed by atoms with Crippen LogP contribution in [0, 0.1) is 13.8 Å². The summed E-state index contributed by atoms with van der Waals surface area (Å²) in [5, 5.41) is 11.9. The van der Waals surface area contributed by atoms with Crippen molar-refractivity contribution in [2.24, 2.45) is 14.1 Å². The molecule has 0 saturated carbocycles. The summed E-state index contributed by atoms with van der Waals surface area (Å²) in [5.41, 5.74) is 3.33. The second-order valence-electron chi connectivity index (χ2n) is 4.05. The van der Waals surface area contributed by atoms with Crippen LogP contribution in [-0.4, -0.2) is 19.6 Å². The molecule has 0 amide bonds. The largest absolute Gasteiger partial charge is 0.363 e. The van der Waals surface area contributed by atoms with Crippen LogP contribution in [0.2, 0.25) is 0 Å². The number of nitrogens with zero attached hydrogens (tertiary/aromatic N) is 4. The molecule has 2 heterocycles. The quantitative estimate of drug-likeness (QED) is 0.910. The van der Waals surface area contributed by atoms with E-state index in [2.05, 4.69) is 21.6 Å². The van der Waals surface area contributed by atoms with Crippen LogP contribution in [0.1, 0.15) is 17.1 Å². The van der Waals surface area contributed by atoms with Crippen molar-refractivity contribution < 1.29 is 0 Å². The average Bonchev–Trinajstić information content (AvgIpc) is 2.68. The molecule has 0 aromatic carbocycles. The molecule has 0 aliphatic carbocycles. The van der Waals surface area contributed by atoms with Gasteiger partial charge in [-0.1, -0.05) is 0 Å². The lowest BCUT2D eigenvalue weighted by molar-refractivity contribution is 0.709. The third kappa shape index (κ3) is 3.00. The second-order valence-corrected chi connectivity index (χ2v) is 4.05. The van der Waals surface area contributed by atoms with Gasteiger partial charge in [-0.2, -0.15) is 10.2 Å². The molecule has 2 aromatic rings. The lowest BCUT2D eigenvalue weighted by Crippen LogP contribution is -2.06. The van der Waals surface area contributed by atoms with Gasteiger partial charge in [-0.05, 0) is 19.9 Å². The summed E-state index contributed by atoms with van der Waals surface area (Å²) in [6.07, 6.45) is 0. The van der Waals surface area contributed by atoms with Crippen molar-refractivity contribution in [2.75, 3.05) is 5.32 Å². The molecule has 0 aliphatic heterocycles. The van der Waals surface area contributed by atoms with Gasteiger partial charge in [-0.15, -0.1) is 12.4 Å². The molecular formula is C11H18ClN5. The summed E-state index contributed by atoms with van der Waals surface area (Å²) in [6.45, 7) is 4.77. The van der Waals surface area contributed by atoms with Crippen molar-refractivity contribution in [3.05, 3.63) is 29.2 Å². The van der Waals surface area contributed by atoms with Crippen molar-refractivity contribution in [2.45, 2.75) is 20.4 Å². The lowest BCUT2D eigenvalue weighted by Gasteiger charge is -2.02. The number of hydrogen-bond donors (Lipinski definition) is 1. The number of anilines is 1. The molecule has 0 unspecified atom stereocenters. The van der Waals surface area contributed by atoms with Crippen LogP contribution in [0.5, 0.6) is 0 Å². The Morgan fingerprint density at radius 3 is 2.29 bits per heavy atom. The Hall–Kier alpha value is -1.49. The van der Waals surface area contributed by atoms with Gasteiger partial charge in [0.15, 0.2) is 0 Å². The fraction of sp³-hybridized carbons (Fsp3) is 0.455. The summed E-state index contributed by atoms with van der Waals surface area (Å²) in [5.74, 6) is 0.902. The normalized spacial score (nSPS) is 10.1. The molecule has 17 heavy (non-hydrogen) atoms. The third-order valence-corrected chi connectivity index (χ3v) is 2.66. The highest BCUT2D eigenvalue weighted by Gasteiger charge is 2.04. The highest BCUT2D eigenvalue weighted by molar-refractivity contribution is 5.85. The first-order valence-electron chi connectivity index (χ1n) is 5.30. The molecule has 2 aromatic heterocycles. The number of hydrogen-bond acceptors (Lipinski definition) is 3. The van der Waals surface area contributed by atoms with Gasteiger partial charge >= 0.3 is 0 Å². The maximum atomic E-state index is 4.34. The maximum absolute atomic E-state index is 4.34. The Kier molecular flexibility index (Phi) is 4.17. The van der Waals surface area contributed by atoms with Crippen molar-refractivity contribution >= 4 is 18.2 Å². The Morgan fingerprint density at radius 2 is 1.82 bits per heavy atom. The smallest absolute Gasteiger partial charge is 0.148 e. The Bertz CT molecular complexity index is 480. The molecule has 0 aliphatic rings. The molecule has 0 atom stereocenters. The Labute approximate surface area is 107 Å². The molecule has 94 valence electrons. The van der Waals surface area contributed by atoms with Crippen LogP contribution in [0.3, 0.4) is 0 Å².